The third-order valence-electron chi connectivity index (χ3n) is 3.36. The number of aryl methyl sites for hydroxylation is 1. The van der Waals surface area contributed by atoms with Crippen LogP contribution >= 0.6 is 15.9 Å². The maximum Gasteiger partial charge on any atom is 0.227 e. The topological polar surface area (TPSA) is 60.3 Å². The van der Waals surface area contributed by atoms with Gasteiger partial charge in [-0.2, -0.15) is 0 Å². The number of pyridine rings is 1. The van der Waals surface area contributed by atoms with Crippen LogP contribution in [0, 0.1) is 0 Å². The summed E-state index contributed by atoms with van der Waals surface area (Å²) in [4.78, 5) is 23.9. The summed E-state index contributed by atoms with van der Waals surface area (Å²) in [5, 5.41) is 2.69. The second kappa shape index (κ2) is 7.04. The highest BCUT2D eigenvalue weighted by atomic mass is 79.9. The molecule has 20 heavy (non-hydrogen) atoms. The lowest BCUT2D eigenvalue weighted by molar-refractivity contribution is -0.119. The number of ether oxygens (including phenoxy) is 1. The summed E-state index contributed by atoms with van der Waals surface area (Å²) in [5.41, 5.74) is 0.106. The van der Waals surface area contributed by atoms with Crippen LogP contribution in [0.4, 0.5) is 5.69 Å². The highest BCUT2D eigenvalue weighted by Gasteiger charge is 2.18. The first kappa shape index (κ1) is 15.3. The summed E-state index contributed by atoms with van der Waals surface area (Å²) in [6.07, 6.45) is 6.71. The van der Waals surface area contributed by atoms with Crippen LogP contribution in [-0.4, -0.2) is 23.2 Å². The van der Waals surface area contributed by atoms with Crippen molar-refractivity contribution in [3.63, 3.8) is 0 Å². The number of carbonyl (C=O) groups excluding carboxylic acids is 1. The van der Waals surface area contributed by atoms with E-state index in [1.807, 2.05) is 11.5 Å². The van der Waals surface area contributed by atoms with Crippen molar-refractivity contribution in [1.82, 2.24) is 4.57 Å². The van der Waals surface area contributed by atoms with E-state index in [0.717, 1.165) is 32.4 Å². The molecule has 0 saturated carbocycles. The molecule has 1 aliphatic heterocycles. The molecule has 5 nitrogen and oxygen atoms in total. The Kier molecular flexibility index (Phi) is 5.37. The first-order valence-electron chi connectivity index (χ1n) is 6.91. The third kappa shape index (κ3) is 3.93. The summed E-state index contributed by atoms with van der Waals surface area (Å²) in [7, 11) is 0. The average molecular weight is 343 g/mol. The van der Waals surface area contributed by atoms with Crippen molar-refractivity contribution in [2.24, 2.45) is 0 Å². The van der Waals surface area contributed by atoms with Gasteiger partial charge in [-0.15, -0.1) is 0 Å². The SMILES string of the molecule is CCn1cc(Br)c(=O)c(NC(=O)C[C@H]2CCCCO2)c1. The first-order chi connectivity index (χ1) is 9.60. The number of amides is 1. The Hall–Kier alpha value is -1.14. The van der Waals surface area contributed by atoms with Crippen LogP contribution in [0.3, 0.4) is 0 Å². The van der Waals surface area contributed by atoms with E-state index in [4.69, 9.17) is 4.74 Å². The molecule has 110 valence electrons. The number of hydrogen-bond acceptors (Lipinski definition) is 3. The fourth-order valence-corrected chi connectivity index (χ4v) is 2.72. The molecular weight excluding hydrogens is 324 g/mol. The number of halogens is 1. The molecule has 1 N–H and O–H groups in total. The molecule has 1 aromatic rings. The van der Waals surface area contributed by atoms with E-state index < -0.39 is 0 Å². The van der Waals surface area contributed by atoms with Crippen molar-refractivity contribution < 1.29 is 9.53 Å². The zero-order valence-corrected chi connectivity index (χ0v) is 13.1. The fraction of sp³-hybridized carbons (Fsp3) is 0.571. The fourth-order valence-electron chi connectivity index (χ4n) is 2.24. The molecule has 0 aliphatic carbocycles. The van der Waals surface area contributed by atoms with Gasteiger partial charge in [-0.3, -0.25) is 9.59 Å². The van der Waals surface area contributed by atoms with Gasteiger partial charge < -0.3 is 14.6 Å². The molecule has 0 aromatic carbocycles. The third-order valence-corrected chi connectivity index (χ3v) is 3.93. The van der Waals surface area contributed by atoms with Crippen molar-refractivity contribution in [3.05, 3.63) is 27.1 Å². The van der Waals surface area contributed by atoms with Crippen molar-refractivity contribution in [1.29, 1.82) is 0 Å². The second-order valence-electron chi connectivity index (χ2n) is 4.92. The van der Waals surface area contributed by atoms with E-state index in [-0.39, 0.29) is 17.4 Å². The Morgan fingerprint density at radius 1 is 1.50 bits per heavy atom. The van der Waals surface area contributed by atoms with Crippen LogP contribution in [0.5, 0.6) is 0 Å². The van der Waals surface area contributed by atoms with Gasteiger partial charge in [0, 0.05) is 25.5 Å². The molecule has 0 spiro atoms. The van der Waals surface area contributed by atoms with Crippen molar-refractivity contribution in [2.45, 2.75) is 45.3 Å². The normalized spacial score (nSPS) is 18.8. The molecule has 0 unspecified atom stereocenters. The monoisotopic (exact) mass is 342 g/mol. The number of nitrogens with one attached hydrogen (secondary N) is 1. The number of anilines is 1. The molecule has 0 radical (unpaired) electrons. The molecular formula is C14H19BrN2O3. The van der Waals surface area contributed by atoms with Crippen molar-refractivity contribution in [3.8, 4) is 0 Å². The summed E-state index contributed by atoms with van der Waals surface area (Å²) < 4.78 is 7.83. The molecule has 0 bridgehead atoms. The molecule has 6 heteroatoms. The lowest BCUT2D eigenvalue weighted by atomic mass is 10.1. The molecule has 1 amide bonds. The van der Waals surface area contributed by atoms with E-state index in [0.29, 0.717) is 16.6 Å². The van der Waals surface area contributed by atoms with Crippen molar-refractivity contribution in [2.75, 3.05) is 11.9 Å². The molecule has 1 aliphatic rings. The summed E-state index contributed by atoms with van der Waals surface area (Å²) >= 11 is 3.22. The first-order valence-corrected chi connectivity index (χ1v) is 7.70. The van der Waals surface area contributed by atoms with Gasteiger partial charge >= 0.3 is 0 Å². The van der Waals surface area contributed by atoms with E-state index in [9.17, 15) is 9.59 Å². The van der Waals surface area contributed by atoms with Crippen LogP contribution in [0.2, 0.25) is 0 Å². The number of hydrogen-bond donors (Lipinski definition) is 1. The van der Waals surface area contributed by atoms with Gasteiger partial charge in [-0.1, -0.05) is 0 Å². The van der Waals surface area contributed by atoms with E-state index in [2.05, 4.69) is 21.2 Å². The quantitative estimate of drug-likeness (QED) is 0.914. The van der Waals surface area contributed by atoms with Gasteiger partial charge in [0.2, 0.25) is 11.3 Å². The Morgan fingerprint density at radius 2 is 2.30 bits per heavy atom. The van der Waals surface area contributed by atoms with Crippen molar-refractivity contribution >= 4 is 27.5 Å². The van der Waals surface area contributed by atoms with Gasteiger partial charge in [-0.25, -0.2) is 0 Å². The zero-order chi connectivity index (χ0) is 14.5. The minimum absolute atomic E-state index is 0.0238. The molecule has 1 atom stereocenters. The second-order valence-corrected chi connectivity index (χ2v) is 5.77. The Balaban J connectivity index is 2.03. The van der Waals surface area contributed by atoms with E-state index in [1.165, 1.54) is 0 Å². The minimum Gasteiger partial charge on any atom is -0.378 e. The Bertz CT molecular complexity index is 536. The predicted octanol–water partition coefficient (Wildman–Crippen LogP) is 2.53. The largest absolute Gasteiger partial charge is 0.378 e. The summed E-state index contributed by atoms with van der Waals surface area (Å²) in [5.74, 6) is -0.172. The van der Waals surface area contributed by atoms with Gasteiger partial charge in [0.1, 0.15) is 5.69 Å². The van der Waals surface area contributed by atoms with Crippen LogP contribution in [-0.2, 0) is 16.1 Å². The molecule has 1 fully saturated rings. The molecule has 2 rings (SSSR count). The maximum atomic E-state index is 12.0. The van der Waals surface area contributed by atoms with E-state index >= 15 is 0 Å². The van der Waals surface area contributed by atoms with Gasteiger partial charge in [0.15, 0.2) is 0 Å². The lowest BCUT2D eigenvalue weighted by Crippen LogP contribution is -2.27. The molecule has 1 saturated heterocycles. The molecule has 2 heterocycles. The summed E-state index contributed by atoms with van der Waals surface area (Å²) in [6.45, 7) is 3.42. The Morgan fingerprint density at radius 3 is 2.95 bits per heavy atom. The predicted molar refractivity (Wildman–Crippen MR) is 80.9 cm³/mol. The van der Waals surface area contributed by atoms with Gasteiger partial charge in [0.25, 0.3) is 0 Å². The van der Waals surface area contributed by atoms with Crippen LogP contribution in [0.1, 0.15) is 32.6 Å². The van der Waals surface area contributed by atoms with Crippen LogP contribution < -0.4 is 10.7 Å². The van der Waals surface area contributed by atoms with Crippen LogP contribution in [0.15, 0.2) is 21.7 Å². The van der Waals surface area contributed by atoms with Crippen LogP contribution in [0.25, 0.3) is 0 Å². The minimum atomic E-state index is -0.201. The zero-order valence-electron chi connectivity index (χ0n) is 11.5. The average Bonchev–Trinajstić information content (AvgIpc) is 2.44. The highest BCUT2D eigenvalue weighted by molar-refractivity contribution is 9.10. The maximum absolute atomic E-state index is 12.0. The highest BCUT2D eigenvalue weighted by Crippen LogP contribution is 2.16. The smallest absolute Gasteiger partial charge is 0.227 e. The van der Waals surface area contributed by atoms with Gasteiger partial charge in [-0.05, 0) is 42.1 Å². The standard InChI is InChI=1S/C14H19BrN2O3/c1-2-17-8-11(15)14(19)12(9-17)16-13(18)7-10-5-3-4-6-20-10/h8-10H,2-7H2,1H3,(H,16,18)/t10-/m1/s1. The number of aromatic nitrogens is 1. The number of carbonyl (C=O) groups is 1. The Labute approximate surface area is 126 Å². The lowest BCUT2D eigenvalue weighted by Gasteiger charge is -2.21. The van der Waals surface area contributed by atoms with E-state index in [1.54, 1.807) is 12.4 Å². The summed E-state index contributed by atoms with van der Waals surface area (Å²) in [6, 6.07) is 0. The van der Waals surface area contributed by atoms with Gasteiger partial charge in [0.05, 0.1) is 17.0 Å². The number of nitrogens with zero attached hydrogens (tertiary/aromatic N) is 1. The number of rotatable bonds is 4. The molecule has 1 aromatic heterocycles.